The summed E-state index contributed by atoms with van der Waals surface area (Å²) in [7, 11) is 0. The summed E-state index contributed by atoms with van der Waals surface area (Å²) in [5.74, 6) is 0.387. The molecule has 7 nitrogen and oxygen atoms in total. The van der Waals surface area contributed by atoms with Gasteiger partial charge in [0.15, 0.2) is 0 Å². The van der Waals surface area contributed by atoms with Crippen LogP contribution in [0, 0.1) is 5.92 Å². The van der Waals surface area contributed by atoms with Crippen molar-refractivity contribution in [3.63, 3.8) is 0 Å². The molecule has 2 amide bonds. The third-order valence-corrected chi connectivity index (χ3v) is 4.14. The van der Waals surface area contributed by atoms with Gasteiger partial charge in [-0.15, -0.1) is 0 Å². The highest BCUT2D eigenvalue weighted by Gasteiger charge is 2.22. The lowest BCUT2D eigenvalue weighted by molar-refractivity contribution is 0.177. The highest BCUT2D eigenvalue weighted by molar-refractivity contribution is 5.73. The van der Waals surface area contributed by atoms with Gasteiger partial charge in [0.1, 0.15) is 12.7 Å². The number of hydrogen-bond donors (Lipinski definition) is 3. The number of hydrogen-bond acceptors (Lipinski definition) is 4. The molecule has 23 heavy (non-hydrogen) atoms. The minimum absolute atomic E-state index is 0.174. The van der Waals surface area contributed by atoms with Gasteiger partial charge < -0.3 is 15.7 Å². The number of aromatic nitrogens is 3. The van der Waals surface area contributed by atoms with E-state index in [1.165, 1.54) is 6.33 Å². The van der Waals surface area contributed by atoms with Crippen molar-refractivity contribution in [1.29, 1.82) is 0 Å². The number of urea groups is 1. The van der Waals surface area contributed by atoms with Crippen molar-refractivity contribution in [2.45, 2.75) is 31.9 Å². The lowest BCUT2D eigenvalue weighted by atomic mass is 10.1. The van der Waals surface area contributed by atoms with Crippen molar-refractivity contribution in [1.82, 2.24) is 25.4 Å². The number of aliphatic hydroxyl groups excluding tert-OH is 1. The van der Waals surface area contributed by atoms with Gasteiger partial charge in [0.05, 0.1) is 11.8 Å². The monoisotopic (exact) mass is 315 g/mol. The lowest BCUT2D eigenvalue weighted by Gasteiger charge is -2.12. The molecule has 1 aromatic carbocycles. The fourth-order valence-electron chi connectivity index (χ4n) is 2.82. The van der Waals surface area contributed by atoms with Gasteiger partial charge in [-0.3, -0.25) is 0 Å². The number of carbonyl (C=O) groups is 1. The summed E-state index contributed by atoms with van der Waals surface area (Å²) in [6.07, 6.45) is 5.53. The standard InChI is InChI=1S/C16H21N5O2/c22-15-6-3-13(7-15)9-19-16(23)18-8-12-1-4-14(5-2-12)21-11-17-10-20-21/h1-2,4-5,10-11,13,15,22H,3,6-9H2,(H2,18,19,23)/t13-,15-/m0/s1. The summed E-state index contributed by atoms with van der Waals surface area (Å²) in [6, 6.07) is 7.59. The quantitative estimate of drug-likeness (QED) is 0.774. The average Bonchev–Trinajstić information content (AvgIpc) is 3.23. The van der Waals surface area contributed by atoms with Crippen molar-refractivity contribution < 1.29 is 9.90 Å². The van der Waals surface area contributed by atoms with E-state index in [0.717, 1.165) is 30.5 Å². The average molecular weight is 315 g/mol. The molecule has 2 atom stereocenters. The topological polar surface area (TPSA) is 92.1 Å². The van der Waals surface area contributed by atoms with Crippen LogP contribution in [-0.4, -0.2) is 38.6 Å². The van der Waals surface area contributed by atoms with E-state index >= 15 is 0 Å². The van der Waals surface area contributed by atoms with Gasteiger partial charge in [-0.1, -0.05) is 12.1 Å². The SMILES string of the molecule is O=C(NCc1ccc(-n2cncn2)cc1)NC[C@H]1CC[C@H](O)C1. The van der Waals surface area contributed by atoms with Crippen LogP contribution in [0.5, 0.6) is 0 Å². The summed E-state index contributed by atoms with van der Waals surface area (Å²) in [6.45, 7) is 1.09. The Bertz CT molecular complexity index is 626. The van der Waals surface area contributed by atoms with Crippen LogP contribution in [-0.2, 0) is 6.54 Å². The number of carbonyl (C=O) groups excluding carboxylic acids is 1. The fourth-order valence-corrected chi connectivity index (χ4v) is 2.82. The van der Waals surface area contributed by atoms with E-state index in [1.807, 2.05) is 24.3 Å². The molecular formula is C16H21N5O2. The molecule has 1 saturated carbocycles. The maximum atomic E-state index is 11.8. The largest absolute Gasteiger partial charge is 0.393 e. The molecule has 3 N–H and O–H groups in total. The van der Waals surface area contributed by atoms with Crippen molar-refractivity contribution in [2.75, 3.05) is 6.54 Å². The maximum Gasteiger partial charge on any atom is 0.315 e. The Balaban J connectivity index is 1.42. The number of aliphatic hydroxyl groups is 1. The van der Waals surface area contributed by atoms with E-state index in [4.69, 9.17) is 0 Å². The van der Waals surface area contributed by atoms with Crippen molar-refractivity contribution in [3.05, 3.63) is 42.5 Å². The summed E-state index contributed by atoms with van der Waals surface area (Å²) >= 11 is 0. The molecule has 3 rings (SSSR count). The molecule has 2 aromatic rings. The van der Waals surface area contributed by atoms with Crippen LogP contribution in [0.2, 0.25) is 0 Å². The van der Waals surface area contributed by atoms with Crippen LogP contribution in [0.15, 0.2) is 36.9 Å². The van der Waals surface area contributed by atoms with Crippen LogP contribution in [0.4, 0.5) is 4.79 Å². The zero-order valence-electron chi connectivity index (χ0n) is 12.9. The Morgan fingerprint density at radius 3 is 2.74 bits per heavy atom. The number of amides is 2. The summed E-state index contributed by atoms with van der Waals surface area (Å²) in [5.41, 5.74) is 1.94. The minimum atomic E-state index is -0.201. The van der Waals surface area contributed by atoms with Gasteiger partial charge in [-0.25, -0.2) is 14.5 Å². The van der Waals surface area contributed by atoms with Crippen LogP contribution in [0.3, 0.4) is 0 Å². The van der Waals surface area contributed by atoms with Crippen molar-refractivity contribution in [2.24, 2.45) is 5.92 Å². The van der Waals surface area contributed by atoms with Crippen LogP contribution in [0.25, 0.3) is 5.69 Å². The van der Waals surface area contributed by atoms with Gasteiger partial charge in [-0.2, -0.15) is 5.10 Å². The Hall–Kier alpha value is -2.41. The molecule has 0 saturated heterocycles. The van der Waals surface area contributed by atoms with E-state index < -0.39 is 0 Å². The number of rotatable bonds is 5. The van der Waals surface area contributed by atoms with Gasteiger partial charge in [0.25, 0.3) is 0 Å². The number of nitrogens with one attached hydrogen (secondary N) is 2. The molecule has 7 heteroatoms. The zero-order chi connectivity index (χ0) is 16.1. The second kappa shape index (κ2) is 7.23. The van der Waals surface area contributed by atoms with Crippen LogP contribution in [0.1, 0.15) is 24.8 Å². The molecule has 1 aliphatic rings. The Morgan fingerprint density at radius 2 is 2.09 bits per heavy atom. The number of nitrogens with zero attached hydrogens (tertiary/aromatic N) is 3. The first kappa shape index (κ1) is 15.5. The van der Waals surface area contributed by atoms with Gasteiger partial charge in [-0.05, 0) is 42.9 Å². The van der Waals surface area contributed by atoms with E-state index in [2.05, 4.69) is 20.7 Å². The highest BCUT2D eigenvalue weighted by atomic mass is 16.3. The molecule has 0 aliphatic heterocycles. The van der Waals surface area contributed by atoms with Crippen LogP contribution >= 0.6 is 0 Å². The second-order valence-electron chi connectivity index (χ2n) is 5.90. The third kappa shape index (κ3) is 4.29. The predicted molar refractivity (Wildman–Crippen MR) is 84.9 cm³/mol. The fraction of sp³-hybridized carbons (Fsp3) is 0.438. The molecule has 0 unspecified atom stereocenters. The van der Waals surface area contributed by atoms with Crippen LogP contribution < -0.4 is 10.6 Å². The molecule has 1 aromatic heterocycles. The Morgan fingerprint density at radius 1 is 1.26 bits per heavy atom. The van der Waals surface area contributed by atoms with E-state index in [0.29, 0.717) is 19.0 Å². The zero-order valence-corrected chi connectivity index (χ0v) is 12.9. The first-order valence-electron chi connectivity index (χ1n) is 7.84. The van der Waals surface area contributed by atoms with Gasteiger partial charge in [0.2, 0.25) is 0 Å². The molecule has 0 bridgehead atoms. The molecule has 0 radical (unpaired) electrons. The lowest BCUT2D eigenvalue weighted by Crippen LogP contribution is -2.37. The van der Waals surface area contributed by atoms with E-state index in [9.17, 15) is 9.90 Å². The first-order valence-corrected chi connectivity index (χ1v) is 7.84. The smallest absolute Gasteiger partial charge is 0.315 e. The third-order valence-electron chi connectivity index (χ3n) is 4.14. The van der Waals surface area contributed by atoms with E-state index in [1.54, 1.807) is 11.0 Å². The van der Waals surface area contributed by atoms with Crippen molar-refractivity contribution >= 4 is 6.03 Å². The molecule has 122 valence electrons. The first-order chi connectivity index (χ1) is 11.2. The van der Waals surface area contributed by atoms with E-state index in [-0.39, 0.29) is 12.1 Å². The second-order valence-corrected chi connectivity index (χ2v) is 5.90. The molecule has 1 aliphatic carbocycles. The number of benzene rings is 1. The Labute approximate surface area is 134 Å². The Kier molecular flexibility index (Phi) is 4.87. The molecule has 0 spiro atoms. The molecular weight excluding hydrogens is 294 g/mol. The molecule has 1 heterocycles. The predicted octanol–water partition coefficient (Wildman–Crippen LogP) is 1.23. The highest BCUT2D eigenvalue weighted by Crippen LogP contribution is 2.24. The summed E-state index contributed by atoms with van der Waals surface area (Å²) in [5, 5.41) is 19.2. The van der Waals surface area contributed by atoms with Crippen molar-refractivity contribution in [3.8, 4) is 5.69 Å². The summed E-state index contributed by atoms with van der Waals surface area (Å²) in [4.78, 5) is 15.7. The van der Waals surface area contributed by atoms with Gasteiger partial charge >= 0.3 is 6.03 Å². The summed E-state index contributed by atoms with van der Waals surface area (Å²) < 4.78 is 1.68. The molecule has 1 fully saturated rings. The minimum Gasteiger partial charge on any atom is -0.393 e. The maximum absolute atomic E-state index is 11.8. The van der Waals surface area contributed by atoms with Gasteiger partial charge in [0, 0.05) is 13.1 Å². The normalized spacial score (nSPS) is 20.4.